The monoisotopic (exact) mass is 547 g/mol. The molecule has 0 saturated carbocycles. The standard InChI is InChI=1S/C30H37N5O3S/c1-30(2,3)38-29(36)34-28(31)32-17-8-7-10-21-11-9-12-22(20-21)26(37-23-15-18-35(4)19-16-23)27-33-24-13-5-6-14-25(24)39-27/h5-6,9,11-14,20,23,26H,8,15-19H2,1-4H3,(H3,31,32,34,36). The number of piperidine rings is 1. The van der Waals surface area contributed by atoms with Crippen molar-refractivity contribution < 1.29 is 14.3 Å². The topological polar surface area (TPSA) is 99.6 Å². The molecule has 1 fully saturated rings. The fourth-order valence-electron chi connectivity index (χ4n) is 4.24. The van der Waals surface area contributed by atoms with Crippen molar-refractivity contribution in [2.24, 2.45) is 0 Å². The van der Waals surface area contributed by atoms with Gasteiger partial charge in [0.2, 0.25) is 0 Å². The van der Waals surface area contributed by atoms with Crippen LogP contribution in [0.1, 0.15) is 62.3 Å². The molecule has 39 heavy (non-hydrogen) atoms. The zero-order chi connectivity index (χ0) is 27.8. The first-order valence-electron chi connectivity index (χ1n) is 13.3. The Labute approximate surface area is 234 Å². The van der Waals surface area contributed by atoms with E-state index in [1.807, 2.05) is 30.3 Å². The average Bonchev–Trinajstić information content (AvgIpc) is 3.31. The Bertz CT molecular complexity index is 1310. The van der Waals surface area contributed by atoms with Crippen LogP contribution in [0, 0.1) is 17.3 Å². The molecular formula is C30H37N5O3S. The van der Waals surface area contributed by atoms with Gasteiger partial charge < -0.3 is 19.7 Å². The van der Waals surface area contributed by atoms with Gasteiger partial charge in [0.1, 0.15) is 16.7 Å². The van der Waals surface area contributed by atoms with Crippen molar-refractivity contribution in [2.45, 2.75) is 57.8 Å². The number of alkyl carbamates (subject to hydrolysis) is 1. The third-order valence-corrected chi connectivity index (χ3v) is 7.21. The van der Waals surface area contributed by atoms with Crippen molar-refractivity contribution in [2.75, 3.05) is 26.7 Å². The molecule has 3 N–H and O–H groups in total. The molecule has 206 valence electrons. The van der Waals surface area contributed by atoms with Gasteiger partial charge in [-0.2, -0.15) is 0 Å². The van der Waals surface area contributed by atoms with Gasteiger partial charge in [-0.05, 0) is 70.5 Å². The van der Waals surface area contributed by atoms with Crippen LogP contribution in [0.2, 0.25) is 0 Å². The van der Waals surface area contributed by atoms with Crippen molar-refractivity contribution in [1.29, 1.82) is 5.41 Å². The molecule has 1 amide bonds. The lowest BCUT2D eigenvalue weighted by atomic mass is 10.0. The Hall–Kier alpha value is -3.45. The fourth-order valence-corrected chi connectivity index (χ4v) is 5.27. The number of fused-ring (bicyclic) bond motifs is 1. The first kappa shape index (κ1) is 28.6. The largest absolute Gasteiger partial charge is 0.444 e. The highest BCUT2D eigenvalue weighted by Crippen LogP contribution is 2.35. The Kier molecular flexibility index (Phi) is 9.57. The Morgan fingerprint density at radius 3 is 2.72 bits per heavy atom. The smallest absolute Gasteiger partial charge is 0.414 e. The van der Waals surface area contributed by atoms with Crippen LogP contribution < -0.4 is 10.6 Å². The van der Waals surface area contributed by atoms with E-state index in [1.165, 1.54) is 0 Å². The second-order valence-corrected chi connectivity index (χ2v) is 11.7. The van der Waals surface area contributed by atoms with E-state index >= 15 is 0 Å². The number of carbonyl (C=O) groups excluding carboxylic acids is 1. The number of nitrogens with one attached hydrogen (secondary N) is 3. The van der Waals surface area contributed by atoms with E-state index in [0.29, 0.717) is 13.0 Å². The van der Waals surface area contributed by atoms with Gasteiger partial charge in [-0.15, -0.1) is 11.3 Å². The second-order valence-electron chi connectivity index (χ2n) is 10.6. The number of likely N-dealkylation sites (tertiary alicyclic amines) is 1. The third-order valence-electron chi connectivity index (χ3n) is 6.13. The summed E-state index contributed by atoms with van der Waals surface area (Å²) in [6, 6.07) is 16.4. The minimum absolute atomic E-state index is 0.113. The summed E-state index contributed by atoms with van der Waals surface area (Å²) >= 11 is 1.68. The van der Waals surface area contributed by atoms with Crippen LogP contribution in [0.3, 0.4) is 0 Å². The maximum absolute atomic E-state index is 11.8. The molecule has 1 atom stereocenters. The van der Waals surface area contributed by atoms with Gasteiger partial charge in [0.05, 0.1) is 16.3 Å². The van der Waals surface area contributed by atoms with Gasteiger partial charge in [-0.25, -0.2) is 9.78 Å². The van der Waals surface area contributed by atoms with E-state index in [1.54, 1.807) is 32.1 Å². The highest BCUT2D eigenvalue weighted by Gasteiger charge is 2.26. The quantitative estimate of drug-likeness (QED) is 0.168. The predicted molar refractivity (Wildman–Crippen MR) is 156 cm³/mol. The number of thiazole rings is 1. The average molecular weight is 548 g/mol. The minimum Gasteiger partial charge on any atom is -0.444 e. The summed E-state index contributed by atoms with van der Waals surface area (Å²) in [5, 5.41) is 14.0. The summed E-state index contributed by atoms with van der Waals surface area (Å²) in [6.07, 6.45) is 1.79. The van der Waals surface area contributed by atoms with Crippen LogP contribution in [0.25, 0.3) is 10.2 Å². The van der Waals surface area contributed by atoms with Crippen LogP contribution in [-0.4, -0.2) is 60.3 Å². The zero-order valence-corrected chi connectivity index (χ0v) is 23.9. The van der Waals surface area contributed by atoms with Crippen LogP contribution in [0.15, 0.2) is 48.5 Å². The molecule has 1 unspecified atom stereocenters. The SMILES string of the molecule is CN1CCC(OC(c2cccc(C#CCCNC(=N)NC(=O)OC(C)(C)C)c2)c2nc3ccccc3s2)CC1. The van der Waals surface area contributed by atoms with Crippen molar-refractivity contribution in [3.63, 3.8) is 0 Å². The lowest BCUT2D eigenvalue weighted by Gasteiger charge is -2.31. The number of aromatic nitrogens is 1. The van der Waals surface area contributed by atoms with E-state index in [0.717, 1.165) is 52.3 Å². The highest BCUT2D eigenvalue weighted by atomic mass is 32.1. The third kappa shape index (κ3) is 8.79. The Morgan fingerprint density at radius 2 is 1.97 bits per heavy atom. The van der Waals surface area contributed by atoms with Gasteiger partial charge in [-0.1, -0.05) is 36.1 Å². The van der Waals surface area contributed by atoms with E-state index in [-0.39, 0.29) is 18.2 Å². The van der Waals surface area contributed by atoms with Crippen molar-refractivity contribution in [3.05, 3.63) is 64.7 Å². The van der Waals surface area contributed by atoms with Gasteiger partial charge in [-0.3, -0.25) is 10.7 Å². The number of nitrogens with zero attached hydrogens (tertiary/aromatic N) is 2. The Balaban J connectivity index is 1.41. The number of hydrogen-bond donors (Lipinski definition) is 3. The van der Waals surface area contributed by atoms with E-state index in [4.69, 9.17) is 19.9 Å². The van der Waals surface area contributed by atoms with E-state index < -0.39 is 11.7 Å². The maximum Gasteiger partial charge on any atom is 0.414 e. The number of rotatable bonds is 6. The molecule has 1 aliphatic heterocycles. The molecule has 2 heterocycles. The number of benzene rings is 2. The number of guanidine groups is 1. The lowest BCUT2D eigenvalue weighted by molar-refractivity contribution is -0.0234. The molecular weight excluding hydrogens is 510 g/mol. The zero-order valence-electron chi connectivity index (χ0n) is 23.0. The summed E-state index contributed by atoms with van der Waals surface area (Å²) in [7, 11) is 2.15. The van der Waals surface area contributed by atoms with Gasteiger partial charge >= 0.3 is 6.09 Å². The van der Waals surface area contributed by atoms with Crippen molar-refractivity contribution in [3.8, 4) is 11.8 Å². The molecule has 0 aliphatic carbocycles. The molecule has 1 aromatic heterocycles. The van der Waals surface area contributed by atoms with Crippen LogP contribution in [-0.2, 0) is 9.47 Å². The molecule has 8 nitrogen and oxygen atoms in total. The number of ether oxygens (including phenoxy) is 2. The van der Waals surface area contributed by atoms with Gasteiger partial charge in [0.25, 0.3) is 0 Å². The molecule has 2 aromatic carbocycles. The summed E-state index contributed by atoms with van der Waals surface area (Å²) in [5.41, 5.74) is 2.31. The highest BCUT2D eigenvalue weighted by molar-refractivity contribution is 7.18. The Morgan fingerprint density at radius 1 is 1.21 bits per heavy atom. The number of hydrogen-bond acceptors (Lipinski definition) is 7. The van der Waals surface area contributed by atoms with Gasteiger partial charge in [0, 0.05) is 31.6 Å². The lowest BCUT2D eigenvalue weighted by Crippen LogP contribution is -2.43. The first-order chi connectivity index (χ1) is 18.7. The van der Waals surface area contributed by atoms with E-state index in [2.05, 4.69) is 52.6 Å². The molecule has 9 heteroatoms. The van der Waals surface area contributed by atoms with Gasteiger partial charge in [0.15, 0.2) is 5.96 Å². The summed E-state index contributed by atoms with van der Waals surface area (Å²) in [6.45, 7) is 7.81. The van der Waals surface area contributed by atoms with Crippen molar-refractivity contribution in [1.82, 2.24) is 20.5 Å². The molecule has 3 aromatic rings. The summed E-state index contributed by atoms with van der Waals surface area (Å²) in [4.78, 5) is 19.0. The maximum atomic E-state index is 11.8. The molecule has 0 spiro atoms. The summed E-state index contributed by atoms with van der Waals surface area (Å²) in [5.74, 6) is 6.26. The number of carbonyl (C=O) groups is 1. The summed E-state index contributed by atoms with van der Waals surface area (Å²) < 4.78 is 13.0. The normalized spacial score (nSPS) is 15.3. The van der Waals surface area contributed by atoms with E-state index in [9.17, 15) is 4.79 Å². The molecule has 0 radical (unpaired) electrons. The van der Waals surface area contributed by atoms with Crippen LogP contribution in [0.4, 0.5) is 4.79 Å². The fraction of sp³-hybridized carbons (Fsp3) is 0.433. The second kappa shape index (κ2) is 13.1. The number of amides is 1. The molecule has 4 rings (SSSR count). The van der Waals surface area contributed by atoms with Crippen molar-refractivity contribution >= 4 is 33.6 Å². The van der Waals surface area contributed by atoms with Crippen LogP contribution in [0.5, 0.6) is 0 Å². The first-order valence-corrected chi connectivity index (χ1v) is 14.1. The molecule has 0 bridgehead atoms. The van der Waals surface area contributed by atoms with Crippen LogP contribution >= 0.6 is 11.3 Å². The minimum atomic E-state index is -0.659. The molecule has 1 saturated heterocycles. The predicted octanol–water partition coefficient (Wildman–Crippen LogP) is 5.29. The molecule has 1 aliphatic rings. The number of para-hydroxylation sites is 1.